The molecule has 9 nitrogen and oxygen atoms in total. The van der Waals surface area contributed by atoms with E-state index >= 15 is 0 Å². The van der Waals surface area contributed by atoms with Crippen molar-refractivity contribution in [1.82, 2.24) is 5.43 Å². The predicted molar refractivity (Wildman–Crippen MR) is 80.0 cm³/mol. The highest BCUT2D eigenvalue weighted by Gasteiger charge is 2.21. The molecule has 0 aliphatic rings. The van der Waals surface area contributed by atoms with Crippen molar-refractivity contribution in [3.63, 3.8) is 0 Å². The number of carbonyl (C=O) groups excluding carboxylic acids is 1. The number of nitro benzene ring substituents is 1. The van der Waals surface area contributed by atoms with E-state index in [-0.39, 0.29) is 36.4 Å². The van der Waals surface area contributed by atoms with Crippen LogP contribution < -0.4 is 11.3 Å². The van der Waals surface area contributed by atoms with Gasteiger partial charge in [-0.05, 0) is 30.9 Å². The van der Waals surface area contributed by atoms with Crippen molar-refractivity contribution in [3.05, 3.63) is 39.4 Å². The molecule has 1 rings (SSSR count). The second kappa shape index (κ2) is 8.81. The molecule has 1 unspecified atom stereocenters. The summed E-state index contributed by atoms with van der Waals surface area (Å²) in [5.41, 5.74) is 2.39. The third-order valence-corrected chi connectivity index (χ3v) is 3.47. The van der Waals surface area contributed by atoms with E-state index < -0.39 is 23.4 Å². The number of hydrazine groups is 1. The zero-order valence-corrected chi connectivity index (χ0v) is 12.4. The third-order valence-electron chi connectivity index (χ3n) is 3.47. The summed E-state index contributed by atoms with van der Waals surface area (Å²) in [4.78, 5) is 32.7. The number of nitrogens with one attached hydrogen (secondary N) is 1. The lowest BCUT2D eigenvalue weighted by Crippen LogP contribution is -2.30. The van der Waals surface area contributed by atoms with E-state index in [1.54, 1.807) is 6.07 Å². The van der Waals surface area contributed by atoms with E-state index in [1.165, 1.54) is 12.1 Å². The minimum absolute atomic E-state index is 0.103. The lowest BCUT2D eigenvalue weighted by atomic mass is 9.93. The van der Waals surface area contributed by atoms with E-state index in [0.717, 1.165) is 0 Å². The molecule has 0 bridgehead atoms. The van der Waals surface area contributed by atoms with Crippen LogP contribution >= 0.6 is 0 Å². The monoisotopic (exact) mass is 325 g/mol. The van der Waals surface area contributed by atoms with Crippen LogP contribution in [0.15, 0.2) is 18.2 Å². The maximum atomic E-state index is 11.3. The molecular formula is C14H19N3O6. The Bertz CT molecular complexity index is 590. The highest BCUT2D eigenvalue weighted by Crippen LogP contribution is 2.23. The average Bonchev–Trinajstić information content (AvgIpc) is 2.53. The van der Waals surface area contributed by atoms with Gasteiger partial charge < -0.3 is 10.2 Å². The van der Waals surface area contributed by atoms with Gasteiger partial charge in [-0.1, -0.05) is 6.07 Å². The van der Waals surface area contributed by atoms with Crippen molar-refractivity contribution in [3.8, 4) is 0 Å². The van der Waals surface area contributed by atoms with Crippen molar-refractivity contribution in [1.29, 1.82) is 0 Å². The molecule has 0 spiro atoms. The summed E-state index contributed by atoms with van der Waals surface area (Å²) in [6.07, 6.45) is 0.811. The summed E-state index contributed by atoms with van der Waals surface area (Å²) >= 11 is 0. The van der Waals surface area contributed by atoms with Crippen molar-refractivity contribution in [2.45, 2.75) is 32.3 Å². The number of amides is 1. The van der Waals surface area contributed by atoms with Gasteiger partial charge in [0.1, 0.15) is 0 Å². The van der Waals surface area contributed by atoms with Gasteiger partial charge in [0, 0.05) is 12.5 Å². The summed E-state index contributed by atoms with van der Waals surface area (Å²) in [5.74, 6) is 2.77. The number of carboxylic acids is 1. The fourth-order valence-electron chi connectivity index (χ4n) is 2.22. The fraction of sp³-hybridized carbons (Fsp3) is 0.429. The summed E-state index contributed by atoms with van der Waals surface area (Å²) in [7, 11) is 0. The van der Waals surface area contributed by atoms with E-state index in [1.807, 2.05) is 5.43 Å². The topological polar surface area (TPSA) is 156 Å². The Morgan fingerprint density at radius 3 is 2.61 bits per heavy atom. The zero-order chi connectivity index (χ0) is 17.4. The smallest absolute Gasteiger partial charge is 0.306 e. The van der Waals surface area contributed by atoms with Gasteiger partial charge in [0.25, 0.3) is 5.69 Å². The molecule has 0 saturated carbocycles. The van der Waals surface area contributed by atoms with Crippen LogP contribution in [-0.2, 0) is 22.6 Å². The number of benzene rings is 1. The lowest BCUT2D eigenvalue weighted by Gasteiger charge is -2.12. The summed E-state index contributed by atoms with van der Waals surface area (Å²) in [6.45, 7) is -0.465. The second-order valence-corrected chi connectivity index (χ2v) is 5.08. The van der Waals surface area contributed by atoms with Gasteiger partial charge in [0.15, 0.2) is 0 Å². The molecule has 1 amide bonds. The molecule has 0 aromatic heterocycles. The molecule has 0 radical (unpaired) electrons. The number of nitrogens with two attached hydrogens (primary N) is 1. The highest BCUT2D eigenvalue weighted by atomic mass is 16.6. The molecule has 126 valence electrons. The fourth-order valence-corrected chi connectivity index (χ4v) is 2.22. The SMILES string of the molecule is NNC(=O)CCCC(Cc1ccc(CO)c([N+](=O)[O-])c1)C(=O)O. The van der Waals surface area contributed by atoms with Gasteiger partial charge >= 0.3 is 5.97 Å². The number of rotatable bonds is 9. The number of aliphatic carboxylic acids is 1. The van der Waals surface area contributed by atoms with E-state index in [2.05, 4.69) is 0 Å². The Balaban J connectivity index is 2.80. The van der Waals surface area contributed by atoms with Crippen molar-refractivity contribution in [2.24, 2.45) is 11.8 Å². The molecule has 0 aliphatic heterocycles. The van der Waals surface area contributed by atoms with Crippen LogP contribution in [0, 0.1) is 16.0 Å². The minimum Gasteiger partial charge on any atom is -0.481 e. The van der Waals surface area contributed by atoms with Crippen LogP contribution in [0.4, 0.5) is 5.69 Å². The van der Waals surface area contributed by atoms with Crippen LogP contribution in [0.1, 0.15) is 30.4 Å². The number of hydrogen-bond acceptors (Lipinski definition) is 6. The van der Waals surface area contributed by atoms with Gasteiger partial charge in [0.05, 0.1) is 23.0 Å². The predicted octanol–water partition coefficient (Wildman–Crippen LogP) is 0.491. The van der Waals surface area contributed by atoms with Crippen molar-refractivity contribution < 1.29 is 24.7 Å². The molecule has 23 heavy (non-hydrogen) atoms. The van der Waals surface area contributed by atoms with Crippen LogP contribution in [0.3, 0.4) is 0 Å². The number of carbonyl (C=O) groups is 2. The Labute approximate surface area is 132 Å². The molecule has 0 saturated heterocycles. The number of aliphatic hydroxyl groups excluding tert-OH is 1. The van der Waals surface area contributed by atoms with Crippen LogP contribution in [-0.4, -0.2) is 27.0 Å². The molecule has 0 aliphatic carbocycles. The standard InChI is InChI=1S/C14H19N3O6/c15-16-13(19)3-1-2-10(14(20)21)6-9-4-5-11(8-18)12(7-9)17(22)23/h4-5,7,10,18H,1-3,6,8,15H2,(H,16,19)(H,20,21). The minimum atomic E-state index is -1.04. The Morgan fingerprint density at radius 2 is 2.09 bits per heavy atom. The van der Waals surface area contributed by atoms with Crippen LogP contribution in [0.25, 0.3) is 0 Å². The first kappa shape index (κ1) is 18.5. The van der Waals surface area contributed by atoms with Gasteiger partial charge in [-0.3, -0.25) is 25.1 Å². The first-order valence-electron chi connectivity index (χ1n) is 6.98. The van der Waals surface area contributed by atoms with Crippen LogP contribution in [0.2, 0.25) is 0 Å². The van der Waals surface area contributed by atoms with Gasteiger partial charge in [0.2, 0.25) is 5.91 Å². The number of nitro groups is 1. The molecule has 5 N–H and O–H groups in total. The normalized spacial score (nSPS) is 11.7. The quantitative estimate of drug-likeness (QED) is 0.223. The van der Waals surface area contributed by atoms with E-state index in [9.17, 15) is 24.8 Å². The Hall–Kier alpha value is -2.52. The van der Waals surface area contributed by atoms with Gasteiger partial charge in [-0.2, -0.15) is 0 Å². The molecule has 1 atom stereocenters. The van der Waals surface area contributed by atoms with Crippen molar-refractivity contribution in [2.75, 3.05) is 0 Å². The first-order chi connectivity index (χ1) is 10.9. The molecule has 1 aromatic carbocycles. The number of aliphatic hydroxyl groups is 1. The number of hydrogen-bond donors (Lipinski definition) is 4. The molecule has 0 heterocycles. The van der Waals surface area contributed by atoms with E-state index in [0.29, 0.717) is 12.0 Å². The van der Waals surface area contributed by atoms with Crippen molar-refractivity contribution >= 4 is 17.6 Å². The lowest BCUT2D eigenvalue weighted by molar-refractivity contribution is -0.385. The van der Waals surface area contributed by atoms with Gasteiger partial charge in [-0.15, -0.1) is 0 Å². The average molecular weight is 325 g/mol. The first-order valence-corrected chi connectivity index (χ1v) is 6.98. The number of nitrogens with zero attached hydrogens (tertiary/aromatic N) is 1. The maximum Gasteiger partial charge on any atom is 0.306 e. The maximum absolute atomic E-state index is 11.3. The molecular weight excluding hydrogens is 306 g/mol. The third kappa shape index (κ3) is 5.64. The summed E-state index contributed by atoms with van der Waals surface area (Å²) in [6, 6.07) is 4.24. The summed E-state index contributed by atoms with van der Waals surface area (Å²) < 4.78 is 0. The molecule has 9 heteroatoms. The molecule has 1 aromatic rings. The zero-order valence-electron chi connectivity index (χ0n) is 12.4. The summed E-state index contributed by atoms with van der Waals surface area (Å²) in [5, 5.41) is 29.3. The molecule has 0 fully saturated rings. The second-order valence-electron chi connectivity index (χ2n) is 5.08. The largest absolute Gasteiger partial charge is 0.481 e. The van der Waals surface area contributed by atoms with Gasteiger partial charge in [-0.25, -0.2) is 5.84 Å². The Kier molecular flexibility index (Phi) is 7.10. The Morgan fingerprint density at radius 1 is 1.39 bits per heavy atom. The number of carboxylic acid groups (broad SMARTS) is 1. The highest BCUT2D eigenvalue weighted by molar-refractivity contribution is 5.75. The van der Waals surface area contributed by atoms with E-state index in [4.69, 9.17) is 10.9 Å². The van der Waals surface area contributed by atoms with Crippen LogP contribution in [0.5, 0.6) is 0 Å².